The fourth-order valence-corrected chi connectivity index (χ4v) is 3.57. The largest absolute Gasteiger partial charge is 0.465 e. The number of thiazole rings is 1. The molecule has 1 aliphatic rings. The van der Waals surface area contributed by atoms with Gasteiger partial charge in [0.1, 0.15) is 4.88 Å². The summed E-state index contributed by atoms with van der Waals surface area (Å²) >= 11 is 1.06. The quantitative estimate of drug-likeness (QED) is 0.666. The fourth-order valence-electron chi connectivity index (χ4n) is 2.85. The van der Waals surface area contributed by atoms with Crippen molar-refractivity contribution in [1.29, 1.82) is 0 Å². The van der Waals surface area contributed by atoms with E-state index < -0.39 is 5.97 Å². The lowest BCUT2D eigenvalue weighted by molar-refractivity contribution is 0.0606. The first-order chi connectivity index (χ1) is 13.0. The highest BCUT2D eigenvalue weighted by atomic mass is 32.1. The molecular weight excluding hydrogens is 368 g/mol. The van der Waals surface area contributed by atoms with Gasteiger partial charge in [-0.3, -0.25) is 10.1 Å². The highest BCUT2D eigenvalue weighted by molar-refractivity contribution is 7.17. The maximum absolute atomic E-state index is 13.0. The first-order valence-electron chi connectivity index (χ1n) is 8.63. The summed E-state index contributed by atoms with van der Waals surface area (Å²) in [5.74, 6) is -0.381. The molecule has 1 aliphatic carbocycles. The van der Waals surface area contributed by atoms with Crippen molar-refractivity contribution in [3.05, 3.63) is 34.1 Å². The Morgan fingerprint density at radius 2 is 2.15 bits per heavy atom. The standard InChI is InChI=1S/C18H18N4O4S/c1-8(2)14-13-10(6-11(9-4-5-9)20-16(13)26-22-14)15(23)21-18-19-7-12(27-18)17(24)25-3/h6-9H,4-5H2,1-3H3,(H,19,21,23). The van der Waals surface area contributed by atoms with Crippen molar-refractivity contribution in [1.82, 2.24) is 15.1 Å². The number of carbonyl (C=O) groups excluding carboxylic acids is 2. The zero-order chi connectivity index (χ0) is 19.1. The zero-order valence-electron chi connectivity index (χ0n) is 15.1. The summed E-state index contributed by atoms with van der Waals surface area (Å²) < 4.78 is 10.1. The van der Waals surface area contributed by atoms with Crippen LogP contribution in [0, 0.1) is 0 Å². The van der Waals surface area contributed by atoms with E-state index in [2.05, 4.69) is 25.2 Å². The lowest BCUT2D eigenvalue weighted by Gasteiger charge is -2.07. The number of pyridine rings is 1. The number of methoxy groups -OCH3 is 1. The third kappa shape index (κ3) is 3.30. The Kier molecular flexibility index (Phi) is 4.39. The Hall–Kier alpha value is -2.81. The molecule has 0 atom stereocenters. The zero-order valence-corrected chi connectivity index (χ0v) is 15.9. The molecule has 0 unspecified atom stereocenters. The number of hydrogen-bond donors (Lipinski definition) is 1. The molecule has 0 spiro atoms. The topological polar surface area (TPSA) is 107 Å². The second-order valence-electron chi connectivity index (χ2n) is 6.75. The molecule has 4 rings (SSSR count). The monoisotopic (exact) mass is 386 g/mol. The Bertz CT molecular complexity index is 1040. The maximum atomic E-state index is 13.0. The summed E-state index contributed by atoms with van der Waals surface area (Å²) in [6.45, 7) is 3.97. The molecule has 140 valence electrons. The molecule has 0 aromatic carbocycles. The van der Waals surface area contributed by atoms with Gasteiger partial charge in [0.15, 0.2) is 5.13 Å². The van der Waals surface area contributed by atoms with Crippen molar-refractivity contribution in [2.45, 2.75) is 38.5 Å². The number of aromatic nitrogens is 3. The summed E-state index contributed by atoms with van der Waals surface area (Å²) in [7, 11) is 1.30. The molecule has 0 aliphatic heterocycles. The Labute approximate surface area is 158 Å². The number of ether oxygens (including phenoxy) is 1. The Morgan fingerprint density at radius 1 is 1.37 bits per heavy atom. The van der Waals surface area contributed by atoms with Gasteiger partial charge in [-0.25, -0.2) is 14.8 Å². The minimum atomic E-state index is -0.489. The number of nitrogens with zero attached hydrogens (tertiary/aromatic N) is 3. The molecule has 1 saturated carbocycles. The molecule has 27 heavy (non-hydrogen) atoms. The lowest BCUT2D eigenvalue weighted by Crippen LogP contribution is -2.13. The van der Waals surface area contributed by atoms with Crippen LogP contribution in [0.25, 0.3) is 11.1 Å². The Balaban J connectivity index is 1.72. The molecule has 8 nitrogen and oxygen atoms in total. The summed E-state index contributed by atoms with van der Waals surface area (Å²) in [6.07, 6.45) is 3.49. The number of amides is 1. The van der Waals surface area contributed by atoms with Gasteiger partial charge in [0.05, 0.1) is 30.0 Å². The highest BCUT2D eigenvalue weighted by Gasteiger charge is 2.29. The van der Waals surface area contributed by atoms with E-state index in [1.54, 1.807) is 0 Å². The molecule has 3 aromatic heterocycles. The van der Waals surface area contributed by atoms with Gasteiger partial charge in [-0.05, 0) is 24.8 Å². The first-order valence-corrected chi connectivity index (χ1v) is 9.45. The lowest BCUT2D eigenvalue weighted by atomic mass is 10.0. The molecule has 0 bridgehead atoms. The van der Waals surface area contributed by atoms with Gasteiger partial charge in [0.2, 0.25) is 0 Å². The molecule has 0 saturated heterocycles. The summed E-state index contributed by atoms with van der Waals surface area (Å²) in [5.41, 5.74) is 2.37. The smallest absolute Gasteiger partial charge is 0.349 e. The highest BCUT2D eigenvalue weighted by Crippen LogP contribution is 2.41. The fraction of sp³-hybridized carbons (Fsp3) is 0.389. The summed E-state index contributed by atoms with van der Waals surface area (Å²) in [5, 5.41) is 7.81. The van der Waals surface area contributed by atoms with Gasteiger partial charge in [0.25, 0.3) is 11.6 Å². The van der Waals surface area contributed by atoms with Crippen LogP contribution < -0.4 is 5.32 Å². The van der Waals surface area contributed by atoms with Crippen LogP contribution in [0.1, 0.15) is 69.9 Å². The van der Waals surface area contributed by atoms with E-state index in [1.807, 2.05) is 19.9 Å². The van der Waals surface area contributed by atoms with Crippen LogP contribution in [0.15, 0.2) is 16.8 Å². The van der Waals surface area contributed by atoms with Crippen LogP contribution in [-0.2, 0) is 4.74 Å². The Morgan fingerprint density at radius 3 is 2.81 bits per heavy atom. The third-order valence-electron chi connectivity index (χ3n) is 4.39. The van der Waals surface area contributed by atoms with Crippen molar-refractivity contribution >= 4 is 39.4 Å². The van der Waals surface area contributed by atoms with E-state index >= 15 is 0 Å². The minimum absolute atomic E-state index is 0.0807. The average molecular weight is 386 g/mol. The van der Waals surface area contributed by atoms with Crippen LogP contribution in [0.5, 0.6) is 0 Å². The summed E-state index contributed by atoms with van der Waals surface area (Å²) in [4.78, 5) is 33.5. The molecule has 9 heteroatoms. The van der Waals surface area contributed by atoms with E-state index in [9.17, 15) is 9.59 Å². The number of esters is 1. The molecule has 3 aromatic rings. The van der Waals surface area contributed by atoms with E-state index in [1.165, 1.54) is 13.3 Å². The van der Waals surface area contributed by atoms with Crippen LogP contribution >= 0.6 is 11.3 Å². The van der Waals surface area contributed by atoms with Gasteiger partial charge in [-0.1, -0.05) is 30.3 Å². The van der Waals surface area contributed by atoms with E-state index in [0.717, 1.165) is 29.9 Å². The van der Waals surface area contributed by atoms with Gasteiger partial charge in [0, 0.05) is 11.6 Å². The van der Waals surface area contributed by atoms with E-state index in [4.69, 9.17) is 4.52 Å². The molecule has 1 N–H and O–H groups in total. The van der Waals surface area contributed by atoms with Gasteiger partial charge >= 0.3 is 5.97 Å². The number of nitrogens with one attached hydrogen (secondary N) is 1. The van der Waals surface area contributed by atoms with Gasteiger partial charge < -0.3 is 9.26 Å². The maximum Gasteiger partial charge on any atom is 0.349 e. The van der Waals surface area contributed by atoms with Crippen LogP contribution in [0.3, 0.4) is 0 Å². The van der Waals surface area contributed by atoms with Crippen molar-refractivity contribution in [2.24, 2.45) is 0 Å². The van der Waals surface area contributed by atoms with Crippen LogP contribution in [0.4, 0.5) is 5.13 Å². The molecule has 1 fully saturated rings. The number of carbonyl (C=O) groups is 2. The van der Waals surface area contributed by atoms with Crippen LogP contribution in [-0.4, -0.2) is 34.1 Å². The summed E-state index contributed by atoms with van der Waals surface area (Å²) in [6, 6.07) is 1.81. The predicted molar refractivity (Wildman–Crippen MR) is 99.3 cm³/mol. The van der Waals surface area contributed by atoms with Gasteiger partial charge in [-0.15, -0.1) is 0 Å². The number of hydrogen-bond acceptors (Lipinski definition) is 8. The second kappa shape index (κ2) is 6.73. The molecular formula is C18H18N4O4S. The molecule has 0 radical (unpaired) electrons. The number of anilines is 1. The third-order valence-corrected chi connectivity index (χ3v) is 5.29. The van der Waals surface area contributed by atoms with Gasteiger partial charge in [-0.2, -0.15) is 0 Å². The average Bonchev–Trinajstić information content (AvgIpc) is 3.25. The van der Waals surface area contributed by atoms with Crippen molar-refractivity contribution in [3.63, 3.8) is 0 Å². The second-order valence-corrected chi connectivity index (χ2v) is 7.78. The normalized spacial score (nSPS) is 13.9. The SMILES string of the molecule is COC(=O)c1cnc(NC(=O)c2cc(C3CC3)nc3onc(C(C)C)c23)s1. The first kappa shape index (κ1) is 17.6. The van der Waals surface area contributed by atoms with Crippen molar-refractivity contribution in [2.75, 3.05) is 12.4 Å². The molecule has 3 heterocycles. The number of fused-ring (bicyclic) bond motifs is 1. The van der Waals surface area contributed by atoms with Crippen molar-refractivity contribution in [3.8, 4) is 0 Å². The number of rotatable bonds is 5. The minimum Gasteiger partial charge on any atom is -0.465 e. The van der Waals surface area contributed by atoms with Crippen LogP contribution in [0.2, 0.25) is 0 Å². The van der Waals surface area contributed by atoms with E-state index in [-0.39, 0.29) is 11.8 Å². The predicted octanol–water partition coefficient (Wildman–Crippen LogP) is 3.72. The van der Waals surface area contributed by atoms with E-state index in [0.29, 0.717) is 38.3 Å². The molecule has 1 amide bonds. The van der Waals surface area contributed by atoms with Crippen molar-refractivity contribution < 1.29 is 18.8 Å².